The van der Waals surface area contributed by atoms with Crippen LogP contribution in [0.3, 0.4) is 0 Å². The van der Waals surface area contributed by atoms with Crippen molar-refractivity contribution in [1.29, 1.82) is 0 Å². The molecule has 6 heteroatoms. The zero-order chi connectivity index (χ0) is 19.4. The second-order valence-corrected chi connectivity index (χ2v) is 8.86. The predicted octanol–water partition coefficient (Wildman–Crippen LogP) is 3.66. The Labute approximate surface area is 161 Å². The minimum atomic E-state index is -3.46. The molecule has 1 heterocycles. The van der Waals surface area contributed by atoms with E-state index in [1.54, 1.807) is 12.1 Å². The smallest absolute Gasteiger partial charge is 0.251 e. The molecule has 1 amide bonds. The minimum Gasteiger partial charge on any atom is -0.345 e. The zero-order valence-corrected chi connectivity index (χ0v) is 16.6. The maximum absolute atomic E-state index is 12.6. The topological polar surface area (TPSA) is 66.5 Å². The lowest BCUT2D eigenvalue weighted by molar-refractivity contribution is 0.0935. The van der Waals surface area contributed by atoms with Crippen LogP contribution in [0.1, 0.15) is 53.7 Å². The van der Waals surface area contributed by atoms with Gasteiger partial charge >= 0.3 is 0 Å². The lowest BCUT2D eigenvalue weighted by atomic mass is 9.99. The number of carbonyl (C=O) groups excluding carboxylic acids is 1. The van der Waals surface area contributed by atoms with Crippen molar-refractivity contribution in [2.75, 3.05) is 13.1 Å². The van der Waals surface area contributed by atoms with Crippen molar-refractivity contribution in [2.45, 2.75) is 44.0 Å². The molecule has 5 nitrogen and oxygen atoms in total. The van der Waals surface area contributed by atoms with Crippen molar-refractivity contribution in [1.82, 2.24) is 9.62 Å². The summed E-state index contributed by atoms with van der Waals surface area (Å²) in [6.45, 7) is 5.20. The van der Waals surface area contributed by atoms with E-state index >= 15 is 0 Å². The minimum absolute atomic E-state index is 0.0771. The molecule has 1 N–H and O–H groups in total. The molecule has 1 fully saturated rings. The largest absolute Gasteiger partial charge is 0.345 e. The summed E-state index contributed by atoms with van der Waals surface area (Å²) in [5, 5.41) is 3.05. The molecule has 1 aliphatic rings. The van der Waals surface area contributed by atoms with Crippen LogP contribution in [0.15, 0.2) is 53.4 Å². The van der Waals surface area contributed by atoms with Crippen LogP contribution in [0.2, 0.25) is 0 Å². The fraction of sp³-hybridized carbons (Fsp3) is 0.381. The summed E-state index contributed by atoms with van der Waals surface area (Å²) in [6.07, 6.45) is 2.58. The molecule has 2 aromatic carbocycles. The summed E-state index contributed by atoms with van der Waals surface area (Å²) in [7, 11) is -3.46. The Morgan fingerprint density at radius 2 is 1.70 bits per heavy atom. The average Bonchev–Trinajstić information content (AvgIpc) is 3.22. The summed E-state index contributed by atoms with van der Waals surface area (Å²) in [5.74, 6) is -0.199. The van der Waals surface area contributed by atoms with Crippen molar-refractivity contribution in [3.8, 4) is 0 Å². The number of carbonyl (C=O) groups is 1. The van der Waals surface area contributed by atoms with Crippen molar-refractivity contribution in [2.24, 2.45) is 0 Å². The molecule has 1 atom stereocenters. The van der Waals surface area contributed by atoms with Crippen LogP contribution >= 0.6 is 0 Å². The number of sulfonamides is 1. The number of aryl methyl sites for hydroxylation is 1. The van der Waals surface area contributed by atoms with E-state index in [9.17, 15) is 13.2 Å². The molecule has 1 saturated heterocycles. The van der Waals surface area contributed by atoms with Crippen LogP contribution in [0.5, 0.6) is 0 Å². The Morgan fingerprint density at radius 3 is 2.30 bits per heavy atom. The molecule has 0 radical (unpaired) electrons. The number of hydrogen-bond acceptors (Lipinski definition) is 3. The van der Waals surface area contributed by atoms with E-state index in [-0.39, 0.29) is 16.8 Å². The molecule has 0 aromatic heterocycles. The maximum Gasteiger partial charge on any atom is 0.251 e. The van der Waals surface area contributed by atoms with Gasteiger partial charge in [-0.25, -0.2) is 8.42 Å². The highest BCUT2D eigenvalue weighted by Crippen LogP contribution is 2.23. The van der Waals surface area contributed by atoms with E-state index in [0.29, 0.717) is 18.7 Å². The van der Waals surface area contributed by atoms with Gasteiger partial charge in [-0.05, 0) is 61.6 Å². The molecule has 0 bridgehead atoms. The molecule has 0 spiro atoms. The first-order valence-corrected chi connectivity index (χ1v) is 10.8. The highest BCUT2D eigenvalue weighted by atomic mass is 32.2. The van der Waals surface area contributed by atoms with Gasteiger partial charge in [0, 0.05) is 18.7 Å². The van der Waals surface area contributed by atoms with Crippen LogP contribution in [0.25, 0.3) is 0 Å². The molecule has 2 aromatic rings. The third kappa shape index (κ3) is 4.22. The van der Waals surface area contributed by atoms with Crippen LogP contribution in [0.4, 0.5) is 0 Å². The zero-order valence-electron chi connectivity index (χ0n) is 15.8. The maximum atomic E-state index is 12.6. The molecular weight excluding hydrogens is 360 g/mol. The monoisotopic (exact) mass is 386 g/mol. The van der Waals surface area contributed by atoms with Gasteiger partial charge < -0.3 is 5.32 Å². The van der Waals surface area contributed by atoms with Gasteiger partial charge in [-0.1, -0.05) is 31.2 Å². The normalized spacial score (nSPS) is 16.2. The quantitative estimate of drug-likeness (QED) is 0.824. The van der Waals surface area contributed by atoms with E-state index in [1.807, 2.05) is 38.1 Å². The van der Waals surface area contributed by atoms with Gasteiger partial charge in [-0.15, -0.1) is 0 Å². The molecule has 0 saturated carbocycles. The van der Waals surface area contributed by atoms with E-state index in [1.165, 1.54) is 16.4 Å². The molecule has 144 valence electrons. The van der Waals surface area contributed by atoms with Crippen LogP contribution in [-0.4, -0.2) is 31.7 Å². The average molecular weight is 387 g/mol. The van der Waals surface area contributed by atoms with E-state index in [0.717, 1.165) is 30.4 Å². The number of rotatable bonds is 6. The van der Waals surface area contributed by atoms with Gasteiger partial charge in [0.2, 0.25) is 10.0 Å². The first-order chi connectivity index (χ1) is 12.9. The number of amides is 1. The van der Waals surface area contributed by atoms with Gasteiger partial charge in [-0.3, -0.25) is 4.79 Å². The summed E-state index contributed by atoms with van der Waals surface area (Å²) >= 11 is 0. The number of nitrogens with zero attached hydrogens (tertiary/aromatic N) is 1. The van der Waals surface area contributed by atoms with Crippen molar-refractivity contribution in [3.63, 3.8) is 0 Å². The summed E-state index contributed by atoms with van der Waals surface area (Å²) in [6, 6.07) is 14.1. The number of hydrogen-bond donors (Lipinski definition) is 1. The predicted molar refractivity (Wildman–Crippen MR) is 106 cm³/mol. The van der Waals surface area contributed by atoms with Crippen LogP contribution in [0, 0.1) is 6.92 Å². The highest BCUT2D eigenvalue weighted by Gasteiger charge is 2.27. The summed E-state index contributed by atoms with van der Waals surface area (Å²) < 4.78 is 26.7. The summed E-state index contributed by atoms with van der Waals surface area (Å²) in [5.41, 5.74) is 2.70. The lowest BCUT2D eigenvalue weighted by Gasteiger charge is -2.20. The third-order valence-electron chi connectivity index (χ3n) is 5.10. The lowest BCUT2D eigenvalue weighted by Crippen LogP contribution is -2.29. The van der Waals surface area contributed by atoms with Gasteiger partial charge in [0.15, 0.2) is 0 Å². The van der Waals surface area contributed by atoms with Crippen molar-refractivity contribution >= 4 is 15.9 Å². The second-order valence-electron chi connectivity index (χ2n) is 6.93. The third-order valence-corrected chi connectivity index (χ3v) is 7.01. The molecule has 3 rings (SSSR count). The van der Waals surface area contributed by atoms with Crippen LogP contribution in [-0.2, 0) is 10.0 Å². The Hall–Kier alpha value is -2.18. The number of benzene rings is 2. The SMILES string of the molecule is CCC(NC(=O)c1ccc(S(=O)(=O)N2CCCC2)cc1)c1ccccc1C. The number of nitrogens with one attached hydrogen (secondary N) is 1. The van der Waals surface area contributed by atoms with Gasteiger partial charge in [0.05, 0.1) is 10.9 Å². The van der Waals surface area contributed by atoms with E-state index in [2.05, 4.69) is 5.32 Å². The van der Waals surface area contributed by atoms with E-state index < -0.39 is 10.0 Å². The Kier molecular flexibility index (Phi) is 5.97. The first kappa shape index (κ1) is 19.6. The Morgan fingerprint density at radius 1 is 1.07 bits per heavy atom. The molecule has 0 aliphatic carbocycles. The molecule has 27 heavy (non-hydrogen) atoms. The molecule has 1 unspecified atom stereocenters. The summed E-state index contributed by atoms with van der Waals surface area (Å²) in [4.78, 5) is 12.9. The Balaban J connectivity index is 1.75. The molecule has 1 aliphatic heterocycles. The molecular formula is C21H26N2O3S. The highest BCUT2D eigenvalue weighted by molar-refractivity contribution is 7.89. The van der Waals surface area contributed by atoms with Gasteiger partial charge in [0.25, 0.3) is 5.91 Å². The van der Waals surface area contributed by atoms with Gasteiger partial charge in [0.1, 0.15) is 0 Å². The van der Waals surface area contributed by atoms with Crippen molar-refractivity contribution < 1.29 is 13.2 Å². The van der Waals surface area contributed by atoms with E-state index in [4.69, 9.17) is 0 Å². The Bertz CT molecular complexity index is 901. The fourth-order valence-electron chi connectivity index (χ4n) is 3.47. The second kappa shape index (κ2) is 8.23. The van der Waals surface area contributed by atoms with Gasteiger partial charge in [-0.2, -0.15) is 4.31 Å². The van der Waals surface area contributed by atoms with Crippen LogP contribution < -0.4 is 5.32 Å². The standard InChI is InChI=1S/C21H26N2O3S/c1-3-20(19-9-5-4-8-16(19)2)22-21(24)17-10-12-18(13-11-17)27(25,26)23-14-6-7-15-23/h4-5,8-13,20H,3,6-7,14-15H2,1-2H3,(H,22,24). The first-order valence-electron chi connectivity index (χ1n) is 9.40. The fourth-order valence-corrected chi connectivity index (χ4v) is 4.99. The van der Waals surface area contributed by atoms with Crippen molar-refractivity contribution in [3.05, 3.63) is 65.2 Å².